The average Bonchev–Trinajstić information content (AvgIpc) is 2.84. The highest BCUT2D eigenvalue weighted by Gasteiger charge is 2.06. The fraction of sp³-hybridized carbons (Fsp3) is 0.125. The highest BCUT2D eigenvalue weighted by molar-refractivity contribution is 6.22. The van der Waals surface area contributed by atoms with E-state index in [9.17, 15) is 0 Å². The first-order chi connectivity index (χ1) is 15.6. The van der Waals surface area contributed by atoms with Gasteiger partial charge in [-0.15, -0.1) is 0 Å². The molecule has 32 heavy (non-hydrogen) atoms. The summed E-state index contributed by atoms with van der Waals surface area (Å²) in [5.41, 5.74) is 2.76. The summed E-state index contributed by atoms with van der Waals surface area (Å²) in [6.07, 6.45) is 0. The van der Waals surface area contributed by atoms with Crippen molar-refractivity contribution in [1.29, 1.82) is 0 Å². The van der Waals surface area contributed by atoms with Crippen LogP contribution in [0.2, 0.25) is 0 Å². The Morgan fingerprint density at radius 1 is 0.406 bits per heavy atom. The third-order valence-electron chi connectivity index (χ3n) is 6.39. The van der Waals surface area contributed by atoms with Crippen LogP contribution < -0.4 is 0 Å². The second-order valence-electron chi connectivity index (χ2n) is 8.89. The van der Waals surface area contributed by atoms with Crippen LogP contribution in [-0.2, 0) is 0 Å². The molecule has 0 heteroatoms. The molecule has 0 heterocycles. The van der Waals surface area contributed by atoms with Gasteiger partial charge in [-0.25, -0.2) is 0 Å². The van der Waals surface area contributed by atoms with Crippen LogP contribution in [0.4, 0.5) is 0 Å². The smallest absolute Gasteiger partial charge is 0.00987 e. The van der Waals surface area contributed by atoms with Crippen molar-refractivity contribution < 1.29 is 0 Å². The maximum atomic E-state index is 2.27. The lowest BCUT2D eigenvalue weighted by molar-refractivity contribution is 0.866. The molecule has 0 fully saturated rings. The molecule has 0 nitrogen and oxygen atoms in total. The van der Waals surface area contributed by atoms with Crippen LogP contribution in [0.3, 0.4) is 0 Å². The van der Waals surface area contributed by atoms with Crippen LogP contribution in [0.25, 0.3) is 43.1 Å². The molecule has 0 aliphatic heterocycles. The average molecular weight is 413 g/mol. The van der Waals surface area contributed by atoms with Crippen LogP contribution in [0.15, 0.2) is 109 Å². The Kier molecular flexibility index (Phi) is 5.37. The highest BCUT2D eigenvalue weighted by atomic mass is 14.1. The zero-order valence-electron chi connectivity index (χ0n) is 19.0. The van der Waals surface area contributed by atoms with Crippen molar-refractivity contribution in [2.75, 3.05) is 0 Å². The van der Waals surface area contributed by atoms with Crippen molar-refractivity contribution in [2.45, 2.75) is 26.7 Å². The summed E-state index contributed by atoms with van der Waals surface area (Å²) in [4.78, 5) is 0. The predicted molar refractivity (Wildman–Crippen MR) is 142 cm³/mol. The molecule has 6 aromatic carbocycles. The third kappa shape index (κ3) is 3.74. The summed E-state index contributed by atoms with van der Waals surface area (Å²) in [6, 6.07) is 39.4. The maximum Gasteiger partial charge on any atom is -0.00987 e. The molecule has 0 atom stereocenters. The lowest BCUT2D eigenvalue weighted by atomic mass is 9.94. The van der Waals surface area contributed by atoms with Crippen LogP contribution >= 0.6 is 0 Å². The number of hydrogen-bond acceptors (Lipinski definition) is 0. The molecule has 0 aliphatic carbocycles. The van der Waals surface area contributed by atoms with Gasteiger partial charge in [0.05, 0.1) is 0 Å². The molecular formula is C32H28. The second-order valence-corrected chi connectivity index (χ2v) is 8.89. The number of aryl methyl sites for hydroxylation is 1. The van der Waals surface area contributed by atoms with Gasteiger partial charge in [0.2, 0.25) is 0 Å². The van der Waals surface area contributed by atoms with Gasteiger partial charge in [-0.2, -0.15) is 0 Å². The van der Waals surface area contributed by atoms with Crippen LogP contribution in [0.5, 0.6) is 0 Å². The van der Waals surface area contributed by atoms with E-state index in [-0.39, 0.29) is 0 Å². The van der Waals surface area contributed by atoms with E-state index in [1.807, 2.05) is 0 Å². The fourth-order valence-corrected chi connectivity index (χ4v) is 4.54. The molecule has 156 valence electrons. The number of hydrogen-bond donors (Lipinski definition) is 0. The number of fused-ring (bicyclic) bond motifs is 7. The summed E-state index contributed by atoms with van der Waals surface area (Å²) in [6.45, 7) is 6.54. The van der Waals surface area contributed by atoms with Crippen molar-refractivity contribution in [1.82, 2.24) is 0 Å². The Bertz CT molecular complexity index is 1440. The van der Waals surface area contributed by atoms with Crippen molar-refractivity contribution in [3.8, 4) is 0 Å². The molecule has 0 saturated heterocycles. The van der Waals surface area contributed by atoms with Gasteiger partial charge in [0.15, 0.2) is 0 Å². The number of rotatable bonds is 1. The van der Waals surface area contributed by atoms with Gasteiger partial charge in [-0.1, -0.05) is 129 Å². The van der Waals surface area contributed by atoms with Crippen molar-refractivity contribution in [3.63, 3.8) is 0 Å². The van der Waals surface area contributed by atoms with Gasteiger partial charge in [0.25, 0.3) is 0 Å². The van der Waals surface area contributed by atoms with Crippen LogP contribution in [0, 0.1) is 6.92 Å². The van der Waals surface area contributed by atoms with Crippen molar-refractivity contribution in [3.05, 3.63) is 120 Å². The molecule has 0 unspecified atom stereocenters. The SMILES string of the molecule is Cc1ccc(C(C)C)cc1.c1ccc2c(c1)ccc1c2ccc2c3ccccc3ccc21. The second kappa shape index (κ2) is 8.48. The van der Waals surface area contributed by atoms with Crippen molar-refractivity contribution in [2.24, 2.45) is 0 Å². The molecule has 0 aliphatic rings. The first-order valence-electron chi connectivity index (χ1n) is 11.4. The summed E-state index contributed by atoms with van der Waals surface area (Å²) in [5, 5.41) is 10.6. The minimum absolute atomic E-state index is 0.653. The highest BCUT2D eigenvalue weighted by Crippen LogP contribution is 2.34. The van der Waals surface area contributed by atoms with E-state index < -0.39 is 0 Å². The van der Waals surface area contributed by atoms with Crippen LogP contribution in [-0.4, -0.2) is 0 Å². The molecule has 0 N–H and O–H groups in total. The zero-order chi connectivity index (χ0) is 22.1. The monoisotopic (exact) mass is 412 g/mol. The quantitative estimate of drug-likeness (QED) is 0.236. The van der Waals surface area contributed by atoms with E-state index in [0.29, 0.717) is 5.92 Å². The molecule has 0 spiro atoms. The predicted octanol–water partition coefficient (Wildman–Crippen LogP) is 9.42. The van der Waals surface area contributed by atoms with Gasteiger partial charge < -0.3 is 0 Å². The van der Waals surface area contributed by atoms with Crippen molar-refractivity contribution >= 4 is 43.1 Å². The van der Waals surface area contributed by atoms with E-state index in [0.717, 1.165) is 0 Å². The molecule has 6 aromatic rings. The first kappa shape index (κ1) is 20.3. The maximum absolute atomic E-state index is 2.27. The fourth-order valence-electron chi connectivity index (χ4n) is 4.54. The largest absolute Gasteiger partial charge is 0.0616 e. The molecule has 0 amide bonds. The van der Waals surface area contributed by atoms with Gasteiger partial charge in [-0.3, -0.25) is 0 Å². The lowest BCUT2D eigenvalue weighted by Crippen LogP contribution is -1.85. The Hall–Kier alpha value is -3.64. The summed E-state index contributed by atoms with van der Waals surface area (Å²) < 4.78 is 0. The standard InChI is InChI=1S/C22H14.C10H14/c1-3-7-17-15(5-1)9-11-21-19(17)13-14-20-18-8-4-2-6-16(18)10-12-22(20)21;1-8(2)10-6-4-9(3)5-7-10/h1-14H;4-8H,1-3H3. The van der Waals surface area contributed by atoms with Gasteiger partial charge in [0.1, 0.15) is 0 Å². The van der Waals surface area contributed by atoms with E-state index in [4.69, 9.17) is 0 Å². The normalized spacial score (nSPS) is 11.2. The van der Waals surface area contributed by atoms with E-state index in [1.54, 1.807) is 0 Å². The minimum Gasteiger partial charge on any atom is -0.0616 e. The van der Waals surface area contributed by atoms with Gasteiger partial charge >= 0.3 is 0 Å². The summed E-state index contributed by atoms with van der Waals surface area (Å²) in [5.74, 6) is 0.653. The summed E-state index contributed by atoms with van der Waals surface area (Å²) in [7, 11) is 0. The lowest BCUT2D eigenvalue weighted by Gasteiger charge is -2.09. The molecular weight excluding hydrogens is 384 g/mol. The molecule has 6 rings (SSSR count). The molecule has 0 bridgehead atoms. The Balaban J connectivity index is 0.000000183. The van der Waals surface area contributed by atoms with E-state index in [1.165, 1.54) is 54.2 Å². The van der Waals surface area contributed by atoms with E-state index >= 15 is 0 Å². The van der Waals surface area contributed by atoms with Gasteiger partial charge in [-0.05, 0) is 61.5 Å². The molecule has 0 aromatic heterocycles. The minimum atomic E-state index is 0.653. The third-order valence-corrected chi connectivity index (χ3v) is 6.39. The van der Waals surface area contributed by atoms with Crippen LogP contribution in [0.1, 0.15) is 30.9 Å². The molecule has 0 radical (unpaired) electrons. The Morgan fingerprint density at radius 3 is 1.28 bits per heavy atom. The van der Waals surface area contributed by atoms with Gasteiger partial charge in [0, 0.05) is 0 Å². The Labute approximate surface area is 190 Å². The topological polar surface area (TPSA) is 0 Å². The summed E-state index contributed by atoms with van der Waals surface area (Å²) >= 11 is 0. The number of benzene rings is 6. The molecule has 0 saturated carbocycles. The zero-order valence-corrected chi connectivity index (χ0v) is 19.0. The Morgan fingerprint density at radius 2 is 0.812 bits per heavy atom. The first-order valence-corrected chi connectivity index (χ1v) is 11.4. The van der Waals surface area contributed by atoms with E-state index in [2.05, 4.69) is 130 Å².